The smallest absolute Gasteiger partial charge is 0.0549 e. The lowest BCUT2D eigenvalue weighted by molar-refractivity contribution is 0.0950. The monoisotopic (exact) mass is 194 g/mol. The highest BCUT2D eigenvalue weighted by Crippen LogP contribution is 2.21. The van der Waals surface area contributed by atoms with E-state index in [0.29, 0.717) is 0 Å². The van der Waals surface area contributed by atoms with Gasteiger partial charge in [0.15, 0.2) is 0 Å². The lowest BCUT2D eigenvalue weighted by Gasteiger charge is -2.18. The Balaban J connectivity index is 2.63. The quantitative estimate of drug-likeness (QED) is 0.778. The van der Waals surface area contributed by atoms with E-state index >= 15 is 0 Å². The summed E-state index contributed by atoms with van der Waals surface area (Å²) in [6, 6.07) is 10.1. The average Bonchev–Trinajstić information content (AvgIpc) is 2.26. The first kappa shape index (κ1) is 11.2. The third-order valence-electron chi connectivity index (χ3n) is 2.51. The normalized spacial score (nSPS) is 15.1. The fraction of sp³-hybridized carbons (Fsp3) is 0.500. The first-order chi connectivity index (χ1) is 6.77. The molecule has 1 aromatic rings. The summed E-state index contributed by atoms with van der Waals surface area (Å²) in [6.07, 6.45) is 1.05. The number of ether oxygens (including phenoxy) is 1. The highest BCUT2D eigenvalue weighted by atomic mass is 16.5. The molecule has 0 radical (unpaired) electrons. The molecule has 0 spiro atoms. The topological polar surface area (TPSA) is 29.5 Å². The largest absolute Gasteiger partial charge is 0.396 e. The third kappa shape index (κ3) is 3.13. The second-order valence-electron chi connectivity index (χ2n) is 3.57. The van der Waals surface area contributed by atoms with Gasteiger partial charge in [0.05, 0.1) is 12.7 Å². The van der Waals surface area contributed by atoms with Gasteiger partial charge in [-0.2, -0.15) is 0 Å². The van der Waals surface area contributed by atoms with E-state index in [0.717, 1.165) is 6.42 Å². The van der Waals surface area contributed by atoms with Crippen LogP contribution in [0.4, 0.5) is 0 Å². The van der Waals surface area contributed by atoms with Gasteiger partial charge in [-0.25, -0.2) is 0 Å². The summed E-state index contributed by atoms with van der Waals surface area (Å²) in [7, 11) is 1.70. The van der Waals surface area contributed by atoms with Crippen LogP contribution in [0.1, 0.15) is 24.8 Å². The van der Waals surface area contributed by atoms with Gasteiger partial charge >= 0.3 is 0 Å². The Morgan fingerprint density at radius 3 is 2.43 bits per heavy atom. The summed E-state index contributed by atoms with van der Waals surface area (Å²) >= 11 is 0. The van der Waals surface area contributed by atoms with E-state index in [-0.39, 0.29) is 18.6 Å². The zero-order valence-corrected chi connectivity index (χ0v) is 8.81. The molecular weight excluding hydrogens is 176 g/mol. The van der Waals surface area contributed by atoms with Crippen molar-refractivity contribution in [1.29, 1.82) is 0 Å². The van der Waals surface area contributed by atoms with E-state index in [1.165, 1.54) is 5.56 Å². The number of hydrogen-bond acceptors (Lipinski definition) is 2. The Morgan fingerprint density at radius 2 is 1.93 bits per heavy atom. The summed E-state index contributed by atoms with van der Waals surface area (Å²) in [6.45, 7) is 2.20. The molecule has 78 valence electrons. The second kappa shape index (κ2) is 5.78. The van der Waals surface area contributed by atoms with E-state index in [1.54, 1.807) is 7.11 Å². The third-order valence-corrected chi connectivity index (χ3v) is 2.51. The Morgan fingerprint density at radius 1 is 1.29 bits per heavy atom. The Hall–Kier alpha value is -0.860. The minimum atomic E-state index is 0.178. The van der Waals surface area contributed by atoms with Gasteiger partial charge in [-0.15, -0.1) is 0 Å². The van der Waals surface area contributed by atoms with E-state index in [1.807, 2.05) is 37.3 Å². The predicted molar refractivity (Wildman–Crippen MR) is 57.4 cm³/mol. The molecule has 1 rings (SSSR count). The van der Waals surface area contributed by atoms with Crippen LogP contribution in [0.5, 0.6) is 0 Å². The molecule has 0 aliphatic heterocycles. The predicted octanol–water partition coefficient (Wildman–Crippen LogP) is 2.19. The van der Waals surface area contributed by atoms with Crippen LogP contribution in [0.3, 0.4) is 0 Å². The highest BCUT2D eigenvalue weighted by Gasteiger charge is 2.13. The molecule has 1 N–H and O–H groups in total. The Bertz CT molecular complexity index is 246. The highest BCUT2D eigenvalue weighted by molar-refractivity contribution is 5.19. The first-order valence-electron chi connectivity index (χ1n) is 4.96. The molecule has 0 heterocycles. The summed E-state index contributed by atoms with van der Waals surface area (Å²) < 4.78 is 5.19. The van der Waals surface area contributed by atoms with E-state index in [4.69, 9.17) is 4.74 Å². The minimum Gasteiger partial charge on any atom is -0.396 e. The van der Waals surface area contributed by atoms with Crippen LogP contribution < -0.4 is 0 Å². The van der Waals surface area contributed by atoms with Crippen molar-refractivity contribution in [3.8, 4) is 0 Å². The molecule has 0 aliphatic carbocycles. The SMILES string of the molecule is COC(C)CC(CO)c1ccccc1. The van der Waals surface area contributed by atoms with Crippen LogP contribution in [-0.4, -0.2) is 24.9 Å². The van der Waals surface area contributed by atoms with Crippen molar-refractivity contribution in [2.24, 2.45) is 0 Å². The molecular formula is C12H18O2. The van der Waals surface area contributed by atoms with Crippen molar-refractivity contribution < 1.29 is 9.84 Å². The Labute approximate surface area is 85.5 Å². The van der Waals surface area contributed by atoms with Gasteiger partial charge in [-0.3, -0.25) is 0 Å². The van der Waals surface area contributed by atoms with Crippen LogP contribution in [0.15, 0.2) is 30.3 Å². The average molecular weight is 194 g/mol. The zero-order valence-electron chi connectivity index (χ0n) is 8.81. The van der Waals surface area contributed by atoms with E-state index in [9.17, 15) is 5.11 Å². The molecule has 2 atom stereocenters. The van der Waals surface area contributed by atoms with Crippen molar-refractivity contribution in [3.63, 3.8) is 0 Å². The molecule has 0 saturated carbocycles. The lowest BCUT2D eigenvalue weighted by atomic mass is 9.94. The van der Waals surface area contributed by atoms with Crippen LogP contribution in [0.25, 0.3) is 0 Å². The van der Waals surface area contributed by atoms with Crippen LogP contribution in [-0.2, 0) is 4.74 Å². The maximum atomic E-state index is 9.27. The number of methoxy groups -OCH3 is 1. The zero-order chi connectivity index (χ0) is 10.4. The summed E-state index contributed by atoms with van der Waals surface area (Å²) in [5, 5.41) is 9.27. The van der Waals surface area contributed by atoms with Gasteiger partial charge < -0.3 is 9.84 Å². The summed E-state index contributed by atoms with van der Waals surface area (Å²) in [5.41, 5.74) is 1.18. The number of benzene rings is 1. The maximum absolute atomic E-state index is 9.27. The molecule has 2 nitrogen and oxygen atoms in total. The summed E-state index contributed by atoms with van der Waals surface area (Å²) in [5.74, 6) is 0.186. The van der Waals surface area contributed by atoms with Gasteiger partial charge in [-0.05, 0) is 18.9 Å². The van der Waals surface area contributed by atoms with E-state index < -0.39 is 0 Å². The number of rotatable bonds is 5. The standard InChI is InChI=1S/C12H18O2/c1-10(14-2)8-12(9-13)11-6-4-3-5-7-11/h3-7,10,12-13H,8-9H2,1-2H3. The van der Waals surface area contributed by atoms with Crippen molar-refractivity contribution in [1.82, 2.24) is 0 Å². The molecule has 1 aromatic carbocycles. The maximum Gasteiger partial charge on any atom is 0.0549 e. The molecule has 0 saturated heterocycles. The molecule has 0 aromatic heterocycles. The summed E-state index contributed by atoms with van der Waals surface area (Å²) in [4.78, 5) is 0. The number of aliphatic hydroxyl groups excluding tert-OH is 1. The lowest BCUT2D eigenvalue weighted by Crippen LogP contribution is -2.14. The van der Waals surface area contributed by atoms with Crippen LogP contribution >= 0.6 is 0 Å². The fourth-order valence-electron chi connectivity index (χ4n) is 1.54. The molecule has 14 heavy (non-hydrogen) atoms. The van der Waals surface area contributed by atoms with Crippen molar-refractivity contribution in [2.45, 2.75) is 25.4 Å². The molecule has 0 fully saturated rings. The fourth-order valence-corrected chi connectivity index (χ4v) is 1.54. The minimum absolute atomic E-state index is 0.178. The number of hydrogen-bond donors (Lipinski definition) is 1. The van der Waals surface area contributed by atoms with Crippen molar-refractivity contribution in [2.75, 3.05) is 13.7 Å². The van der Waals surface area contributed by atoms with Crippen molar-refractivity contribution >= 4 is 0 Å². The number of aliphatic hydroxyl groups is 1. The van der Waals surface area contributed by atoms with Crippen LogP contribution in [0, 0.1) is 0 Å². The van der Waals surface area contributed by atoms with Gasteiger partial charge in [0.1, 0.15) is 0 Å². The molecule has 2 unspecified atom stereocenters. The van der Waals surface area contributed by atoms with Gasteiger partial charge in [0.25, 0.3) is 0 Å². The molecule has 0 amide bonds. The van der Waals surface area contributed by atoms with E-state index in [2.05, 4.69) is 0 Å². The molecule has 2 heteroatoms. The molecule has 0 aliphatic rings. The van der Waals surface area contributed by atoms with Gasteiger partial charge in [0, 0.05) is 13.0 Å². The van der Waals surface area contributed by atoms with Crippen molar-refractivity contribution in [3.05, 3.63) is 35.9 Å². The van der Waals surface area contributed by atoms with Gasteiger partial charge in [-0.1, -0.05) is 30.3 Å². The van der Waals surface area contributed by atoms with Crippen LogP contribution in [0.2, 0.25) is 0 Å². The van der Waals surface area contributed by atoms with Gasteiger partial charge in [0.2, 0.25) is 0 Å². The first-order valence-corrected chi connectivity index (χ1v) is 4.96. The molecule has 0 bridgehead atoms. The Kier molecular flexibility index (Phi) is 4.63. The second-order valence-corrected chi connectivity index (χ2v) is 3.57.